The number of alkyl halides is 2. The van der Waals surface area contributed by atoms with Crippen LogP contribution in [0.1, 0.15) is 16.7 Å². The fourth-order valence-electron chi connectivity index (χ4n) is 2.40. The molecule has 0 fully saturated rings. The van der Waals surface area contributed by atoms with Crippen LogP contribution in [-0.2, 0) is 11.8 Å². The minimum Gasteiger partial charge on any atom is -0.207 e. The van der Waals surface area contributed by atoms with E-state index in [1.165, 1.54) is 18.2 Å². The maximum Gasteiger partial charge on any atom is 0.129 e. The minimum absolute atomic E-state index is 0.137. The van der Waals surface area contributed by atoms with Gasteiger partial charge in [0, 0.05) is 21.6 Å². The highest BCUT2D eigenvalue weighted by Gasteiger charge is 2.32. The van der Waals surface area contributed by atoms with E-state index in [0.29, 0.717) is 17.1 Å². The lowest BCUT2D eigenvalue weighted by Gasteiger charge is -2.31. The van der Waals surface area contributed by atoms with Crippen molar-refractivity contribution in [2.45, 2.75) is 18.8 Å². The van der Waals surface area contributed by atoms with Gasteiger partial charge in [0.15, 0.2) is 0 Å². The highest BCUT2D eigenvalue weighted by Crippen LogP contribution is 2.34. The molecule has 0 heterocycles. The third-order valence-electron chi connectivity index (χ3n) is 3.72. The molecule has 21 heavy (non-hydrogen) atoms. The Hall–Kier alpha value is -0.740. The normalized spacial score (nSPS) is 11.7. The summed E-state index contributed by atoms with van der Waals surface area (Å²) in [4.78, 5) is 0. The van der Waals surface area contributed by atoms with Crippen molar-refractivity contribution in [3.63, 3.8) is 0 Å². The highest BCUT2D eigenvalue weighted by molar-refractivity contribution is 9.09. The van der Waals surface area contributed by atoms with Gasteiger partial charge in [-0.05, 0) is 31.0 Å². The standard InChI is InChI=1S/C17H16Br2F2/c1-12-4-2-5-13(8-12)17(10-18,11-19)9-14-15(20)6-3-7-16(14)21/h2-8H,9-11H2,1H3. The van der Waals surface area contributed by atoms with Crippen molar-refractivity contribution in [3.05, 3.63) is 70.8 Å². The van der Waals surface area contributed by atoms with Gasteiger partial charge in [-0.25, -0.2) is 8.78 Å². The van der Waals surface area contributed by atoms with Crippen LogP contribution in [0.3, 0.4) is 0 Å². The van der Waals surface area contributed by atoms with E-state index >= 15 is 0 Å². The van der Waals surface area contributed by atoms with Crippen molar-refractivity contribution in [3.8, 4) is 0 Å². The smallest absolute Gasteiger partial charge is 0.129 e. The fraction of sp³-hybridized carbons (Fsp3) is 0.294. The zero-order valence-corrected chi connectivity index (χ0v) is 14.8. The van der Waals surface area contributed by atoms with E-state index in [1.807, 2.05) is 25.1 Å². The summed E-state index contributed by atoms with van der Waals surface area (Å²) in [5.74, 6) is -0.983. The van der Waals surface area contributed by atoms with Gasteiger partial charge in [0.1, 0.15) is 11.6 Å². The van der Waals surface area contributed by atoms with Gasteiger partial charge in [-0.15, -0.1) is 0 Å². The SMILES string of the molecule is Cc1cccc(C(CBr)(CBr)Cc2c(F)cccc2F)c1. The number of halogens is 4. The van der Waals surface area contributed by atoms with Gasteiger partial charge < -0.3 is 0 Å². The molecule has 0 aromatic heterocycles. The van der Waals surface area contributed by atoms with Gasteiger partial charge >= 0.3 is 0 Å². The maximum absolute atomic E-state index is 14.0. The van der Waals surface area contributed by atoms with E-state index in [4.69, 9.17) is 0 Å². The largest absolute Gasteiger partial charge is 0.207 e. The Morgan fingerprint density at radius 2 is 1.52 bits per heavy atom. The molecule has 2 rings (SSSR count). The van der Waals surface area contributed by atoms with E-state index in [2.05, 4.69) is 37.9 Å². The first-order chi connectivity index (χ1) is 10.0. The molecule has 0 aliphatic rings. The zero-order valence-electron chi connectivity index (χ0n) is 11.7. The summed E-state index contributed by atoms with van der Waals surface area (Å²) in [6, 6.07) is 12.1. The maximum atomic E-state index is 14.0. The topological polar surface area (TPSA) is 0 Å². The summed E-state index contributed by atoms with van der Waals surface area (Å²) in [5, 5.41) is 1.23. The molecule has 0 atom stereocenters. The molecule has 0 saturated heterocycles. The monoisotopic (exact) mass is 416 g/mol. The van der Waals surface area contributed by atoms with Crippen LogP contribution in [0.15, 0.2) is 42.5 Å². The molecule has 0 bridgehead atoms. The first-order valence-electron chi connectivity index (χ1n) is 6.64. The number of rotatable bonds is 5. The molecule has 0 radical (unpaired) electrons. The Morgan fingerprint density at radius 3 is 2.05 bits per heavy atom. The first kappa shape index (κ1) is 16.6. The highest BCUT2D eigenvalue weighted by atomic mass is 79.9. The summed E-state index contributed by atoms with van der Waals surface area (Å²) < 4.78 is 28.0. The second kappa shape index (κ2) is 7.01. The van der Waals surface area contributed by atoms with Crippen LogP contribution in [0, 0.1) is 18.6 Å². The number of hydrogen-bond acceptors (Lipinski definition) is 0. The summed E-state index contributed by atoms with van der Waals surface area (Å²) in [7, 11) is 0. The molecule has 0 saturated carbocycles. The molecular formula is C17H16Br2F2. The van der Waals surface area contributed by atoms with Crippen molar-refractivity contribution < 1.29 is 8.78 Å². The van der Waals surface area contributed by atoms with Crippen LogP contribution in [-0.4, -0.2) is 10.7 Å². The van der Waals surface area contributed by atoms with Crippen LogP contribution in [0.25, 0.3) is 0 Å². The molecule has 0 amide bonds. The lowest BCUT2D eigenvalue weighted by atomic mass is 9.78. The van der Waals surface area contributed by atoms with Gasteiger partial charge in [0.05, 0.1) is 0 Å². The molecule has 2 aromatic carbocycles. The molecule has 4 heteroatoms. The zero-order chi connectivity index (χ0) is 15.5. The average molecular weight is 418 g/mol. The van der Waals surface area contributed by atoms with Gasteiger partial charge in [-0.3, -0.25) is 0 Å². The van der Waals surface area contributed by atoms with Crippen LogP contribution < -0.4 is 0 Å². The van der Waals surface area contributed by atoms with E-state index in [0.717, 1.165) is 11.1 Å². The third kappa shape index (κ3) is 3.54. The summed E-state index contributed by atoms with van der Waals surface area (Å²) in [6.07, 6.45) is 0.297. The predicted octanol–water partition coefficient (Wildman–Crippen LogP) is 5.54. The Kier molecular flexibility index (Phi) is 5.55. The van der Waals surface area contributed by atoms with E-state index < -0.39 is 17.0 Å². The van der Waals surface area contributed by atoms with Gasteiger partial charge in [0.25, 0.3) is 0 Å². The van der Waals surface area contributed by atoms with E-state index in [1.54, 1.807) is 0 Å². The van der Waals surface area contributed by atoms with Crippen molar-refractivity contribution >= 4 is 31.9 Å². The van der Waals surface area contributed by atoms with Gasteiger partial charge in [-0.1, -0.05) is 67.8 Å². The lowest BCUT2D eigenvalue weighted by molar-refractivity contribution is 0.491. The molecule has 0 N–H and O–H groups in total. The Labute approximate surface area is 140 Å². The van der Waals surface area contributed by atoms with Crippen LogP contribution in [0.5, 0.6) is 0 Å². The summed E-state index contributed by atoms with van der Waals surface area (Å²) in [6.45, 7) is 2.01. The Morgan fingerprint density at radius 1 is 0.952 bits per heavy atom. The van der Waals surface area contributed by atoms with Crippen LogP contribution in [0.2, 0.25) is 0 Å². The molecule has 0 aliphatic carbocycles. The lowest BCUT2D eigenvalue weighted by Crippen LogP contribution is -2.33. The average Bonchev–Trinajstić information content (AvgIpc) is 2.48. The molecular weight excluding hydrogens is 402 g/mol. The third-order valence-corrected chi connectivity index (χ3v) is 5.87. The Bertz CT molecular complexity index is 602. The number of benzene rings is 2. The second-order valence-electron chi connectivity index (χ2n) is 5.29. The Balaban J connectivity index is 2.48. The predicted molar refractivity (Wildman–Crippen MR) is 90.5 cm³/mol. The molecule has 0 nitrogen and oxygen atoms in total. The summed E-state index contributed by atoms with van der Waals surface area (Å²) in [5.41, 5.74) is 1.94. The van der Waals surface area contributed by atoms with Crippen LogP contribution >= 0.6 is 31.9 Å². The number of hydrogen-bond donors (Lipinski definition) is 0. The van der Waals surface area contributed by atoms with Gasteiger partial charge in [-0.2, -0.15) is 0 Å². The molecule has 0 aliphatic heterocycles. The fourth-order valence-corrected chi connectivity index (χ4v) is 4.37. The second-order valence-corrected chi connectivity index (χ2v) is 6.42. The van der Waals surface area contributed by atoms with Crippen molar-refractivity contribution in [2.24, 2.45) is 0 Å². The van der Waals surface area contributed by atoms with Crippen LogP contribution in [0.4, 0.5) is 8.78 Å². The molecule has 0 spiro atoms. The molecule has 112 valence electrons. The molecule has 2 aromatic rings. The van der Waals surface area contributed by atoms with Crippen molar-refractivity contribution in [1.29, 1.82) is 0 Å². The van der Waals surface area contributed by atoms with E-state index in [-0.39, 0.29) is 5.56 Å². The first-order valence-corrected chi connectivity index (χ1v) is 8.89. The molecule has 0 unspecified atom stereocenters. The van der Waals surface area contributed by atoms with Crippen molar-refractivity contribution in [1.82, 2.24) is 0 Å². The number of aryl methyl sites for hydroxylation is 1. The quantitative estimate of drug-likeness (QED) is 0.560. The minimum atomic E-state index is -0.492. The van der Waals surface area contributed by atoms with E-state index in [9.17, 15) is 8.78 Å². The summed E-state index contributed by atoms with van der Waals surface area (Å²) >= 11 is 7.05. The van der Waals surface area contributed by atoms with Gasteiger partial charge in [0.2, 0.25) is 0 Å². The van der Waals surface area contributed by atoms with Crippen molar-refractivity contribution in [2.75, 3.05) is 10.7 Å².